The van der Waals surface area contributed by atoms with E-state index in [4.69, 9.17) is 4.74 Å². The number of carbonyl (C=O) groups is 1. The maximum Gasteiger partial charge on any atom is 0.334 e. The van der Waals surface area contributed by atoms with Gasteiger partial charge in [0.2, 0.25) is 0 Å². The molecule has 3 nitrogen and oxygen atoms in total. The minimum Gasteiger partial charge on any atom is -0.467 e. The van der Waals surface area contributed by atoms with Crippen LogP contribution < -0.4 is 0 Å². The first-order valence-corrected chi connectivity index (χ1v) is 4.06. The second kappa shape index (κ2) is 4.45. The zero-order chi connectivity index (χ0) is 9.78. The second-order valence-electron chi connectivity index (χ2n) is 4.04. The van der Waals surface area contributed by atoms with Crippen LogP contribution in [0.5, 0.6) is 0 Å². The smallest absolute Gasteiger partial charge is 0.334 e. The van der Waals surface area contributed by atoms with Crippen molar-refractivity contribution in [3.63, 3.8) is 0 Å². The number of rotatable bonds is 3. The van der Waals surface area contributed by atoms with Crippen LogP contribution in [0.1, 0.15) is 27.7 Å². The summed E-state index contributed by atoms with van der Waals surface area (Å²) in [7, 11) is 1.36. The first kappa shape index (κ1) is 11.4. The predicted octanol–water partition coefficient (Wildman–Crippen LogP) is 1.61. The largest absolute Gasteiger partial charge is 0.467 e. The first-order valence-electron chi connectivity index (χ1n) is 4.06. The van der Waals surface area contributed by atoms with E-state index in [1.165, 1.54) is 7.11 Å². The Kier molecular flexibility index (Phi) is 4.24. The molecule has 72 valence electrons. The van der Waals surface area contributed by atoms with E-state index < -0.39 is 6.10 Å². The molecule has 0 bridgehead atoms. The van der Waals surface area contributed by atoms with Gasteiger partial charge in [0.15, 0.2) is 6.10 Å². The van der Waals surface area contributed by atoms with Crippen LogP contribution in [0.2, 0.25) is 0 Å². The van der Waals surface area contributed by atoms with Crippen LogP contribution in [0.25, 0.3) is 0 Å². The highest BCUT2D eigenvalue weighted by Crippen LogP contribution is 2.14. The number of hydrogen-bond donors (Lipinski definition) is 0. The van der Waals surface area contributed by atoms with Gasteiger partial charge in [0, 0.05) is 0 Å². The topological polar surface area (TPSA) is 35.5 Å². The summed E-state index contributed by atoms with van der Waals surface area (Å²) in [6.45, 7) is 8.41. The van der Waals surface area contributed by atoms with E-state index in [9.17, 15) is 4.79 Å². The summed E-state index contributed by atoms with van der Waals surface area (Å²) >= 11 is 0. The average Bonchev–Trinajstić information content (AvgIpc) is 1.97. The average molecular weight is 174 g/mol. The number of ether oxygens (including phenoxy) is 2. The van der Waals surface area contributed by atoms with Crippen molar-refractivity contribution in [1.82, 2.24) is 0 Å². The van der Waals surface area contributed by atoms with Crippen molar-refractivity contribution in [2.45, 2.75) is 33.8 Å². The van der Waals surface area contributed by atoms with Crippen molar-refractivity contribution >= 4 is 5.97 Å². The van der Waals surface area contributed by atoms with Crippen LogP contribution in [0.4, 0.5) is 0 Å². The van der Waals surface area contributed by atoms with E-state index in [1.807, 2.05) is 0 Å². The molecule has 0 saturated carbocycles. The fourth-order valence-electron chi connectivity index (χ4n) is 0.609. The molecule has 0 amide bonds. The van der Waals surface area contributed by atoms with E-state index >= 15 is 0 Å². The highest BCUT2D eigenvalue weighted by molar-refractivity contribution is 5.73. The summed E-state index contributed by atoms with van der Waals surface area (Å²) in [5.74, 6) is -0.320. The van der Waals surface area contributed by atoms with Gasteiger partial charge in [0.1, 0.15) is 0 Å². The highest BCUT2D eigenvalue weighted by atomic mass is 16.6. The molecular weight excluding hydrogens is 156 g/mol. The van der Waals surface area contributed by atoms with Crippen molar-refractivity contribution in [2.24, 2.45) is 5.41 Å². The van der Waals surface area contributed by atoms with E-state index in [-0.39, 0.29) is 11.4 Å². The molecule has 0 aromatic carbocycles. The van der Waals surface area contributed by atoms with Gasteiger partial charge in [-0.3, -0.25) is 0 Å². The predicted molar refractivity (Wildman–Crippen MR) is 46.9 cm³/mol. The SMILES string of the molecule is COC(=O)C(C)OCC(C)(C)C. The minimum atomic E-state index is -0.464. The summed E-state index contributed by atoms with van der Waals surface area (Å²) in [4.78, 5) is 10.9. The Morgan fingerprint density at radius 3 is 2.25 bits per heavy atom. The van der Waals surface area contributed by atoms with Crippen LogP contribution in [-0.4, -0.2) is 25.8 Å². The molecule has 0 heterocycles. The van der Waals surface area contributed by atoms with Gasteiger partial charge in [-0.05, 0) is 12.3 Å². The monoisotopic (exact) mass is 174 g/mol. The van der Waals surface area contributed by atoms with Gasteiger partial charge in [0.05, 0.1) is 13.7 Å². The molecule has 0 aliphatic carbocycles. The fraction of sp³-hybridized carbons (Fsp3) is 0.889. The normalized spacial score (nSPS) is 14.1. The molecule has 0 rings (SSSR count). The van der Waals surface area contributed by atoms with Crippen molar-refractivity contribution < 1.29 is 14.3 Å². The van der Waals surface area contributed by atoms with Crippen LogP contribution >= 0.6 is 0 Å². The first-order chi connectivity index (χ1) is 5.37. The summed E-state index contributed by atoms with van der Waals surface area (Å²) in [6, 6.07) is 0. The van der Waals surface area contributed by atoms with E-state index in [1.54, 1.807) is 6.92 Å². The third-order valence-electron chi connectivity index (χ3n) is 1.30. The Balaban J connectivity index is 3.72. The molecule has 0 aromatic rings. The number of hydrogen-bond acceptors (Lipinski definition) is 3. The third-order valence-corrected chi connectivity index (χ3v) is 1.30. The Morgan fingerprint density at radius 2 is 1.92 bits per heavy atom. The van der Waals surface area contributed by atoms with Crippen LogP contribution in [0.15, 0.2) is 0 Å². The van der Waals surface area contributed by atoms with E-state index in [0.717, 1.165) is 0 Å². The fourth-order valence-corrected chi connectivity index (χ4v) is 0.609. The van der Waals surface area contributed by atoms with E-state index in [0.29, 0.717) is 6.61 Å². The highest BCUT2D eigenvalue weighted by Gasteiger charge is 2.17. The van der Waals surface area contributed by atoms with Crippen LogP contribution in [-0.2, 0) is 14.3 Å². The van der Waals surface area contributed by atoms with Gasteiger partial charge >= 0.3 is 5.97 Å². The van der Waals surface area contributed by atoms with Crippen molar-refractivity contribution in [2.75, 3.05) is 13.7 Å². The zero-order valence-electron chi connectivity index (χ0n) is 8.51. The Labute approximate surface area is 74.0 Å². The molecular formula is C9H18O3. The number of esters is 1. The summed E-state index contributed by atoms with van der Waals surface area (Å²) in [5.41, 5.74) is 0.0856. The summed E-state index contributed by atoms with van der Waals surface area (Å²) in [6.07, 6.45) is -0.464. The lowest BCUT2D eigenvalue weighted by molar-refractivity contribution is -0.154. The number of methoxy groups -OCH3 is 1. The molecule has 0 spiro atoms. The minimum absolute atomic E-state index is 0.0856. The molecule has 0 aliphatic heterocycles. The standard InChI is InChI=1S/C9H18O3/c1-7(8(10)11-5)12-6-9(2,3)4/h7H,6H2,1-5H3. The molecule has 0 radical (unpaired) electrons. The lowest BCUT2D eigenvalue weighted by atomic mass is 9.99. The van der Waals surface area contributed by atoms with Gasteiger partial charge in [0.25, 0.3) is 0 Å². The lowest BCUT2D eigenvalue weighted by Crippen LogP contribution is -2.26. The van der Waals surface area contributed by atoms with Crippen molar-refractivity contribution in [3.05, 3.63) is 0 Å². The molecule has 0 aromatic heterocycles. The van der Waals surface area contributed by atoms with Crippen LogP contribution in [0, 0.1) is 5.41 Å². The molecule has 0 aliphatic rings. The Hall–Kier alpha value is -0.570. The van der Waals surface area contributed by atoms with Gasteiger partial charge in [-0.1, -0.05) is 20.8 Å². The van der Waals surface area contributed by atoms with Gasteiger partial charge in [-0.15, -0.1) is 0 Å². The van der Waals surface area contributed by atoms with E-state index in [2.05, 4.69) is 25.5 Å². The Morgan fingerprint density at radius 1 is 1.42 bits per heavy atom. The maximum atomic E-state index is 10.9. The third kappa shape index (κ3) is 5.13. The van der Waals surface area contributed by atoms with Crippen LogP contribution in [0.3, 0.4) is 0 Å². The molecule has 12 heavy (non-hydrogen) atoms. The molecule has 0 saturated heterocycles. The van der Waals surface area contributed by atoms with Gasteiger partial charge in [-0.25, -0.2) is 4.79 Å². The van der Waals surface area contributed by atoms with Gasteiger partial charge in [-0.2, -0.15) is 0 Å². The molecule has 3 heteroatoms. The Bertz CT molecular complexity index is 146. The maximum absolute atomic E-state index is 10.9. The molecule has 0 N–H and O–H groups in total. The lowest BCUT2D eigenvalue weighted by Gasteiger charge is -2.20. The number of carbonyl (C=O) groups excluding carboxylic acids is 1. The van der Waals surface area contributed by atoms with Crippen molar-refractivity contribution in [1.29, 1.82) is 0 Å². The van der Waals surface area contributed by atoms with Gasteiger partial charge < -0.3 is 9.47 Å². The summed E-state index contributed by atoms with van der Waals surface area (Å²) < 4.78 is 9.80. The molecule has 0 fully saturated rings. The quantitative estimate of drug-likeness (QED) is 0.610. The second-order valence-corrected chi connectivity index (χ2v) is 4.04. The van der Waals surface area contributed by atoms with Crippen molar-refractivity contribution in [3.8, 4) is 0 Å². The molecule has 1 atom stereocenters. The zero-order valence-corrected chi connectivity index (χ0v) is 8.51. The summed E-state index contributed by atoms with van der Waals surface area (Å²) in [5, 5.41) is 0. The molecule has 1 unspecified atom stereocenters.